The molecule has 1 aromatic rings. The summed E-state index contributed by atoms with van der Waals surface area (Å²) in [5.41, 5.74) is 2.38. The van der Waals surface area contributed by atoms with E-state index in [1.54, 1.807) is 6.07 Å². The van der Waals surface area contributed by atoms with Crippen molar-refractivity contribution < 1.29 is 14.3 Å². The number of amides is 1. The smallest absolute Gasteiger partial charge is 0.338 e. The number of carbonyl (C=O) groups is 2. The van der Waals surface area contributed by atoms with Crippen molar-refractivity contribution in [2.24, 2.45) is 11.8 Å². The number of rotatable bonds is 4. The summed E-state index contributed by atoms with van der Waals surface area (Å²) in [6.07, 6.45) is 3.36. The minimum atomic E-state index is -0.439. The van der Waals surface area contributed by atoms with Gasteiger partial charge in [0, 0.05) is 6.04 Å². The van der Waals surface area contributed by atoms with Gasteiger partial charge in [-0.1, -0.05) is 44.4 Å². The van der Waals surface area contributed by atoms with Crippen LogP contribution in [0.25, 0.3) is 0 Å². The first kappa shape index (κ1) is 17.5. The lowest BCUT2D eigenvalue weighted by molar-refractivity contribution is -0.125. The molecule has 3 atom stereocenters. The van der Waals surface area contributed by atoms with Crippen LogP contribution in [0.4, 0.5) is 0 Å². The van der Waals surface area contributed by atoms with E-state index in [1.807, 2.05) is 26.0 Å². The fourth-order valence-electron chi connectivity index (χ4n) is 3.20. The zero-order valence-electron chi connectivity index (χ0n) is 14.5. The first-order valence-corrected chi connectivity index (χ1v) is 8.42. The highest BCUT2D eigenvalue weighted by atomic mass is 16.5. The van der Waals surface area contributed by atoms with Crippen LogP contribution in [0.3, 0.4) is 0 Å². The number of benzene rings is 1. The predicted molar refractivity (Wildman–Crippen MR) is 90.3 cm³/mol. The highest BCUT2D eigenvalue weighted by Gasteiger charge is 2.28. The van der Waals surface area contributed by atoms with Gasteiger partial charge in [0.15, 0.2) is 6.61 Å². The SMILES string of the molecule is Cc1ccc(C)c(C(=O)OCC(=O)N[C@H]2CCC[C@@H](C)[C@@H]2C)c1. The zero-order chi connectivity index (χ0) is 17.0. The number of hydrogen-bond acceptors (Lipinski definition) is 3. The second-order valence-corrected chi connectivity index (χ2v) is 6.84. The minimum Gasteiger partial charge on any atom is -0.452 e. The van der Waals surface area contributed by atoms with Gasteiger partial charge in [0.05, 0.1) is 5.56 Å². The van der Waals surface area contributed by atoms with Gasteiger partial charge >= 0.3 is 5.97 Å². The van der Waals surface area contributed by atoms with Gasteiger partial charge in [0.1, 0.15) is 0 Å². The predicted octanol–water partition coefficient (Wildman–Crippen LogP) is 3.40. The van der Waals surface area contributed by atoms with Gasteiger partial charge in [0.25, 0.3) is 5.91 Å². The Morgan fingerprint density at radius 1 is 1.22 bits per heavy atom. The lowest BCUT2D eigenvalue weighted by Crippen LogP contribution is -2.45. The van der Waals surface area contributed by atoms with Crippen molar-refractivity contribution in [3.63, 3.8) is 0 Å². The van der Waals surface area contributed by atoms with E-state index in [-0.39, 0.29) is 18.6 Å². The standard InChI is InChI=1S/C19H27NO3/c1-12-8-9-14(3)16(10-12)19(22)23-11-18(21)20-17-7-5-6-13(2)15(17)4/h8-10,13,15,17H,5-7,11H2,1-4H3,(H,20,21)/t13-,15+,17+/m1/s1. The van der Waals surface area contributed by atoms with Crippen molar-refractivity contribution in [2.45, 2.75) is 53.0 Å². The highest BCUT2D eigenvalue weighted by molar-refractivity contribution is 5.92. The molecule has 0 bridgehead atoms. The molecule has 0 spiro atoms. The molecule has 0 saturated heterocycles. The number of hydrogen-bond donors (Lipinski definition) is 1. The Hall–Kier alpha value is -1.84. The maximum atomic E-state index is 12.1. The van der Waals surface area contributed by atoms with E-state index in [0.29, 0.717) is 17.4 Å². The maximum Gasteiger partial charge on any atom is 0.338 e. The molecule has 1 aromatic carbocycles. The Balaban J connectivity index is 1.86. The number of carbonyl (C=O) groups excluding carboxylic acids is 2. The van der Waals surface area contributed by atoms with E-state index in [9.17, 15) is 9.59 Å². The van der Waals surface area contributed by atoms with Crippen LogP contribution >= 0.6 is 0 Å². The Labute approximate surface area is 138 Å². The Kier molecular flexibility index (Phi) is 5.80. The molecule has 126 valence electrons. The summed E-state index contributed by atoms with van der Waals surface area (Å²) in [7, 11) is 0. The van der Waals surface area contributed by atoms with Crippen LogP contribution in [-0.4, -0.2) is 24.5 Å². The molecule has 0 radical (unpaired) electrons. The molecule has 1 saturated carbocycles. The molecule has 1 amide bonds. The van der Waals surface area contributed by atoms with Crippen molar-refractivity contribution >= 4 is 11.9 Å². The highest BCUT2D eigenvalue weighted by Crippen LogP contribution is 2.29. The van der Waals surface area contributed by atoms with Gasteiger partial charge in [-0.3, -0.25) is 4.79 Å². The maximum absolute atomic E-state index is 12.1. The molecule has 23 heavy (non-hydrogen) atoms. The van der Waals surface area contributed by atoms with Gasteiger partial charge < -0.3 is 10.1 Å². The summed E-state index contributed by atoms with van der Waals surface area (Å²) in [5, 5.41) is 3.02. The fraction of sp³-hybridized carbons (Fsp3) is 0.579. The van der Waals surface area contributed by atoms with Gasteiger partial charge in [-0.05, 0) is 43.7 Å². The van der Waals surface area contributed by atoms with Crippen molar-refractivity contribution in [2.75, 3.05) is 6.61 Å². The first-order valence-electron chi connectivity index (χ1n) is 8.42. The molecular weight excluding hydrogens is 290 g/mol. The Bertz CT molecular complexity index is 582. The third kappa shape index (κ3) is 4.57. The molecule has 1 aliphatic rings. The fourth-order valence-corrected chi connectivity index (χ4v) is 3.20. The average Bonchev–Trinajstić information content (AvgIpc) is 2.52. The summed E-state index contributed by atoms with van der Waals surface area (Å²) >= 11 is 0. The Morgan fingerprint density at radius 3 is 2.70 bits per heavy atom. The van der Waals surface area contributed by atoms with E-state index in [1.165, 1.54) is 6.42 Å². The van der Waals surface area contributed by atoms with E-state index >= 15 is 0 Å². The normalized spacial score (nSPS) is 24.1. The van der Waals surface area contributed by atoms with E-state index in [0.717, 1.165) is 24.0 Å². The molecular formula is C19H27NO3. The van der Waals surface area contributed by atoms with Gasteiger partial charge in [-0.2, -0.15) is 0 Å². The minimum absolute atomic E-state index is 0.186. The summed E-state index contributed by atoms with van der Waals surface area (Å²) in [6, 6.07) is 5.81. The van der Waals surface area contributed by atoms with Gasteiger partial charge in [0.2, 0.25) is 0 Å². The number of aryl methyl sites for hydroxylation is 2. The zero-order valence-corrected chi connectivity index (χ0v) is 14.5. The summed E-state index contributed by atoms with van der Waals surface area (Å²) in [6.45, 7) is 7.97. The third-order valence-corrected chi connectivity index (χ3v) is 5.00. The monoisotopic (exact) mass is 317 g/mol. The molecule has 0 unspecified atom stereocenters. The van der Waals surface area contributed by atoms with Crippen molar-refractivity contribution in [1.82, 2.24) is 5.32 Å². The van der Waals surface area contributed by atoms with Crippen LogP contribution in [0.15, 0.2) is 18.2 Å². The van der Waals surface area contributed by atoms with Gasteiger partial charge in [-0.25, -0.2) is 4.79 Å². The molecule has 2 rings (SSSR count). The topological polar surface area (TPSA) is 55.4 Å². The second-order valence-electron chi connectivity index (χ2n) is 6.84. The van der Waals surface area contributed by atoms with E-state index in [4.69, 9.17) is 4.74 Å². The van der Waals surface area contributed by atoms with Crippen molar-refractivity contribution in [3.05, 3.63) is 34.9 Å². The van der Waals surface area contributed by atoms with Crippen molar-refractivity contribution in [3.8, 4) is 0 Å². The largest absolute Gasteiger partial charge is 0.452 e. The number of nitrogens with one attached hydrogen (secondary N) is 1. The first-order chi connectivity index (χ1) is 10.9. The average molecular weight is 317 g/mol. The van der Waals surface area contributed by atoms with Crippen LogP contribution in [0, 0.1) is 25.7 Å². The van der Waals surface area contributed by atoms with E-state index in [2.05, 4.69) is 19.2 Å². The van der Waals surface area contributed by atoms with Crippen molar-refractivity contribution in [1.29, 1.82) is 0 Å². The summed E-state index contributed by atoms with van der Waals surface area (Å²) in [4.78, 5) is 24.2. The molecule has 1 aliphatic carbocycles. The number of ether oxygens (including phenoxy) is 1. The number of esters is 1. The summed E-state index contributed by atoms with van der Waals surface area (Å²) in [5.74, 6) is 0.426. The third-order valence-electron chi connectivity index (χ3n) is 5.00. The molecule has 1 N–H and O–H groups in total. The molecule has 0 heterocycles. The van der Waals surface area contributed by atoms with E-state index < -0.39 is 5.97 Å². The van der Waals surface area contributed by atoms with Gasteiger partial charge in [-0.15, -0.1) is 0 Å². The molecule has 0 aliphatic heterocycles. The van der Waals surface area contributed by atoms with Crippen LogP contribution in [-0.2, 0) is 9.53 Å². The lowest BCUT2D eigenvalue weighted by Gasteiger charge is -2.34. The summed E-state index contributed by atoms with van der Waals surface area (Å²) < 4.78 is 5.18. The van der Waals surface area contributed by atoms with Crippen LogP contribution in [0.1, 0.15) is 54.6 Å². The van der Waals surface area contributed by atoms with Crippen LogP contribution < -0.4 is 5.32 Å². The Morgan fingerprint density at radius 2 is 1.96 bits per heavy atom. The lowest BCUT2D eigenvalue weighted by atomic mass is 9.78. The quantitative estimate of drug-likeness (QED) is 0.866. The van der Waals surface area contributed by atoms with Crippen LogP contribution in [0.2, 0.25) is 0 Å². The molecule has 1 fully saturated rings. The molecule has 4 heteroatoms. The molecule has 0 aromatic heterocycles. The second kappa shape index (κ2) is 7.62. The molecule has 4 nitrogen and oxygen atoms in total. The van der Waals surface area contributed by atoms with Crippen LogP contribution in [0.5, 0.6) is 0 Å².